The smallest absolute Gasteiger partial charge is 0.226 e. The SMILES string of the molecule is CNC(=O)[C@H](C)C1=CC[C@H](CC(C)C)CC1. The predicted octanol–water partition coefficient (Wildman–Crippen LogP) is 3.14. The minimum Gasteiger partial charge on any atom is -0.359 e. The third-order valence-electron chi connectivity index (χ3n) is 3.56. The molecule has 0 unspecified atom stereocenters. The van der Waals surface area contributed by atoms with Crippen LogP contribution in [0, 0.1) is 17.8 Å². The summed E-state index contributed by atoms with van der Waals surface area (Å²) in [7, 11) is 1.71. The van der Waals surface area contributed by atoms with Gasteiger partial charge in [-0.15, -0.1) is 0 Å². The van der Waals surface area contributed by atoms with E-state index in [1.807, 2.05) is 6.92 Å². The third kappa shape index (κ3) is 3.66. The minimum atomic E-state index is 0.0602. The van der Waals surface area contributed by atoms with Gasteiger partial charge in [-0.3, -0.25) is 4.79 Å². The van der Waals surface area contributed by atoms with Crippen LogP contribution in [0.3, 0.4) is 0 Å². The maximum absolute atomic E-state index is 11.5. The first-order chi connectivity index (χ1) is 7.54. The minimum absolute atomic E-state index is 0.0602. The van der Waals surface area contributed by atoms with Gasteiger partial charge in [0, 0.05) is 7.05 Å². The van der Waals surface area contributed by atoms with Gasteiger partial charge in [-0.05, 0) is 44.4 Å². The topological polar surface area (TPSA) is 29.1 Å². The van der Waals surface area contributed by atoms with Crippen LogP contribution in [0.15, 0.2) is 11.6 Å². The van der Waals surface area contributed by atoms with Crippen molar-refractivity contribution in [2.75, 3.05) is 7.05 Å². The van der Waals surface area contributed by atoms with Crippen LogP contribution in [0.1, 0.15) is 46.5 Å². The Morgan fingerprint density at radius 3 is 2.62 bits per heavy atom. The number of nitrogens with one attached hydrogen (secondary N) is 1. The maximum atomic E-state index is 11.5. The van der Waals surface area contributed by atoms with Crippen molar-refractivity contribution in [1.29, 1.82) is 0 Å². The monoisotopic (exact) mass is 223 g/mol. The van der Waals surface area contributed by atoms with Crippen LogP contribution < -0.4 is 5.32 Å². The van der Waals surface area contributed by atoms with Crippen molar-refractivity contribution in [1.82, 2.24) is 5.32 Å². The van der Waals surface area contributed by atoms with Gasteiger partial charge >= 0.3 is 0 Å². The number of carbonyl (C=O) groups is 1. The summed E-state index contributed by atoms with van der Waals surface area (Å²) in [6.07, 6.45) is 7.14. The zero-order valence-electron chi connectivity index (χ0n) is 11.0. The summed E-state index contributed by atoms with van der Waals surface area (Å²) in [6, 6.07) is 0. The average molecular weight is 223 g/mol. The predicted molar refractivity (Wildman–Crippen MR) is 68.1 cm³/mol. The molecular formula is C14H25NO. The molecule has 0 heterocycles. The van der Waals surface area contributed by atoms with E-state index in [2.05, 4.69) is 25.2 Å². The molecule has 0 radical (unpaired) electrons. The molecule has 92 valence electrons. The molecule has 1 N–H and O–H groups in total. The fourth-order valence-corrected chi connectivity index (χ4v) is 2.57. The largest absolute Gasteiger partial charge is 0.359 e. The van der Waals surface area contributed by atoms with Crippen molar-refractivity contribution < 1.29 is 4.79 Å². The zero-order chi connectivity index (χ0) is 12.1. The van der Waals surface area contributed by atoms with Gasteiger partial charge in [0.2, 0.25) is 5.91 Å². The van der Waals surface area contributed by atoms with Crippen LogP contribution in [0.25, 0.3) is 0 Å². The first-order valence-corrected chi connectivity index (χ1v) is 6.45. The number of carbonyl (C=O) groups excluding carboxylic acids is 1. The van der Waals surface area contributed by atoms with Gasteiger partial charge < -0.3 is 5.32 Å². The average Bonchev–Trinajstić information content (AvgIpc) is 2.27. The van der Waals surface area contributed by atoms with Gasteiger partial charge in [-0.25, -0.2) is 0 Å². The van der Waals surface area contributed by atoms with Gasteiger partial charge in [0.05, 0.1) is 5.92 Å². The molecule has 2 heteroatoms. The first-order valence-electron chi connectivity index (χ1n) is 6.45. The molecule has 0 spiro atoms. The van der Waals surface area contributed by atoms with E-state index in [4.69, 9.17) is 0 Å². The Labute approximate surface area is 99.5 Å². The van der Waals surface area contributed by atoms with Crippen LogP contribution in [-0.4, -0.2) is 13.0 Å². The molecule has 1 aliphatic rings. The number of hydrogen-bond acceptors (Lipinski definition) is 1. The number of hydrogen-bond donors (Lipinski definition) is 1. The van der Waals surface area contributed by atoms with Crippen molar-refractivity contribution >= 4 is 5.91 Å². The molecule has 0 saturated carbocycles. The summed E-state index contributed by atoms with van der Waals surface area (Å²) in [5.74, 6) is 1.83. The molecule has 0 aromatic rings. The van der Waals surface area contributed by atoms with E-state index in [1.54, 1.807) is 7.05 Å². The molecule has 0 aliphatic heterocycles. The summed E-state index contributed by atoms with van der Waals surface area (Å²) in [6.45, 7) is 6.58. The van der Waals surface area contributed by atoms with Crippen LogP contribution in [0.4, 0.5) is 0 Å². The molecule has 0 bridgehead atoms. The van der Waals surface area contributed by atoms with E-state index in [1.165, 1.54) is 18.4 Å². The standard InChI is InChI=1S/C14H25NO/c1-10(2)9-12-5-7-13(8-6-12)11(3)14(16)15-4/h7,10-12H,5-6,8-9H2,1-4H3,(H,15,16)/t11-,12+/m1/s1. The lowest BCUT2D eigenvalue weighted by Gasteiger charge is -2.25. The summed E-state index contributed by atoms with van der Waals surface area (Å²) in [4.78, 5) is 11.5. The normalized spacial score (nSPS) is 22.8. The van der Waals surface area contributed by atoms with Gasteiger partial charge in [0.25, 0.3) is 0 Å². The molecule has 0 aromatic carbocycles. The number of amides is 1. The second-order valence-corrected chi connectivity index (χ2v) is 5.38. The summed E-state index contributed by atoms with van der Waals surface area (Å²) >= 11 is 0. The molecule has 1 rings (SSSR count). The molecule has 16 heavy (non-hydrogen) atoms. The van der Waals surface area contributed by atoms with Crippen LogP contribution in [-0.2, 0) is 4.79 Å². The van der Waals surface area contributed by atoms with Crippen LogP contribution >= 0.6 is 0 Å². The molecular weight excluding hydrogens is 198 g/mol. The Morgan fingerprint density at radius 2 is 2.19 bits per heavy atom. The summed E-state index contributed by atoms with van der Waals surface area (Å²) in [5, 5.41) is 2.73. The lowest BCUT2D eigenvalue weighted by atomic mass is 9.81. The van der Waals surface area contributed by atoms with Gasteiger partial charge in [-0.1, -0.05) is 25.5 Å². The Hall–Kier alpha value is -0.790. The zero-order valence-corrected chi connectivity index (χ0v) is 11.0. The highest BCUT2D eigenvalue weighted by atomic mass is 16.1. The van der Waals surface area contributed by atoms with E-state index in [9.17, 15) is 4.79 Å². The van der Waals surface area contributed by atoms with Gasteiger partial charge in [-0.2, -0.15) is 0 Å². The quantitative estimate of drug-likeness (QED) is 0.729. The molecule has 2 nitrogen and oxygen atoms in total. The number of rotatable bonds is 4. The molecule has 1 aliphatic carbocycles. The fourth-order valence-electron chi connectivity index (χ4n) is 2.57. The molecule has 0 fully saturated rings. The van der Waals surface area contributed by atoms with E-state index in [0.717, 1.165) is 24.7 Å². The highest BCUT2D eigenvalue weighted by Crippen LogP contribution is 2.31. The number of allylic oxidation sites excluding steroid dienone is 1. The molecule has 0 aromatic heterocycles. The Morgan fingerprint density at radius 1 is 1.50 bits per heavy atom. The van der Waals surface area contributed by atoms with E-state index in [-0.39, 0.29) is 11.8 Å². The first kappa shape index (κ1) is 13.3. The maximum Gasteiger partial charge on any atom is 0.226 e. The molecule has 0 saturated heterocycles. The molecule has 1 amide bonds. The lowest BCUT2D eigenvalue weighted by Crippen LogP contribution is -2.27. The van der Waals surface area contributed by atoms with Crippen molar-refractivity contribution in [2.45, 2.75) is 46.5 Å². The fraction of sp³-hybridized carbons (Fsp3) is 0.786. The van der Waals surface area contributed by atoms with Crippen LogP contribution in [0.2, 0.25) is 0 Å². The third-order valence-corrected chi connectivity index (χ3v) is 3.56. The van der Waals surface area contributed by atoms with Crippen molar-refractivity contribution in [3.05, 3.63) is 11.6 Å². The highest BCUT2D eigenvalue weighted by Gasteiger charge is 2.21. The van der Waals surface area contributed by atoms with Crippen LogP contribution in [0.5, 0.6) is 0 Å². The van der Waals surface area contributed by atoms with Gasteiger partial charge in [0.1, 0.15) is 0 Å². The van der Waals surface area contributed by atoms with E-state index < -0.39 is 0 Å². The highest BCUT2D eigenvalue weighted by molar-refractivity contribution is 5.80. The van der Waals surface area contributed by atoms with Crippen molar-refractivity contribution in [2.24, 2.45) is 17.8 Å². The lowest BCUT2D eigenvalue weighted by molar-refractivity contribution is -0.123. The Bertz CT molecular complexity index is 268. The summed E-state index contributed by atoms with van der Waals surface area (Å²) < 4.78 is 0. The second kappa shape index (κ2) is 6.07. The Kier molecular flexibility index (Phi) is 5.04. The van der Waals surface area contributed by atoms with E-state index >= 15 is 0 Å². The van der Waals surface area contributed by atoms with E-state index in [0.29, 0.717) is 0 Å². The van der Waals surface area contributed by atoms with Crippen molar-refractivity contribution in [3.63, 3.8) is 0 Å². The summed E-state index contributed by atoms with van der Waals surface area (Å²) in [5.41, 5.74) is 1.33. The second-order valence-electron chi connectivity index (χ2n) is 5.38. The van der Waals surface area contributed by atoms with Gasteiger partial charge in [0.15, 0.2) is 0 Å². The molecule has 2 atom stereocenters. The van der Waals surface area contributed by atoms with Crippen molar-refractivity contribution in [3.8, 4) is 0 Å². The Balaban J connectivity index is 2.49.